The summed E-state index contributed by atoms with van der Waals surface area (Å²) >= 11 is 0. The van der Waals surface area contributed by atoms with Crippen molar-refractivity contribution in [2.75, 3.05) is 45.9 Å². The standard InChI is InChI=1S/C22H34N2O3.2C4H6O6/c1-4-21(25)27-22(20-8-6-5-7-9-20)16-19(3)24(17-18(22)2)11-10-23-12-14-26-15-13-23;2*5-1(3(7)8)2(6)4(9)10/h5-9,18-19H,4,10-17H2,1-3H3;2*1-2,5-6H,(H,7,8)(H,9,10)/t;2*1-,2-/m.00/s1. The van der Waals surface area contributed by atoms with Gasteiger partial charge in [-0.05, 0) is 12.5 Å². The monoisotopic (exact) mass is 674 g/mol. The van der Waals surface area contributed by atoms with Crippen molar-refractivity contribution in [2.45, 2.75) is 69.7 Å². The van der Waals surface area contributed by atoms with E-state index in [0.29, 0.717) is 12.5 Å². The first-order valence-corrected chi connectivity index (χ1v) is 14.9. The van der Waals surface area contributed by atoms with Crippen LogP contribution in [0.15, 0.2) is 30.3 Å². The predicted octanol–water partition coefficient (Wildman–Crippen LogP) is -1.35. The van der Waals surface area contributed by atoms with E-state index in [4.69, 9.17) is 50.3 Å². The van der Waals surface area contributed by atoms with Gasteiger partial charge in [0.25, 0.3) is 0 Å². The Morgan fingerprint density at radius 1 is 0.809 bits per heavy atom. The fourth-order valence-corrected chi connectivity index (χ4v) is 4.99. The Morgan fingerprint density at radius 3 is 1.66 bits per heavy atom. The van der Waals surface area contributed by atoms with Gasteiger partial charge in [-0.15, -0.1) is 0 Å². The molecule has 0 radical (unpaired) electrons. The number of benzene rings is 1. The number of morpholine rings is 1. The maximum absolute atomic E-state index is 12.3. The first kappa shape index (κ1) is 41.3. The van der Waals surface area contributed by atoms with Crippen LogP contribution in [0.5, 0.6) is 0 Å². The summed E-state index contributed by atoms with van der Waals surface area (Å²) in [5.74, 6) is -6.94. The van der Waals surface area contributed by atoms with E-state index in [1.54, 1.807) is 0 Å². The quantitative estimate of drug-likeness (QED) is 0.119. The van der Waals surface area contributed by atoms with Crippen LogP contribution in [-0.4, -0.2) is 157 Å². The van der Waals surface area contributed by atoms with Crippen molar-refractivity contribution in [1.82, 2.24) is 9.80 Å². The Labute approximate surface area is 271 Å². The van der Waals surface area contributed by atoms with Crippen molar-refractivity contribution < 1.29 is 74.3 Å². The number of carbonyl (C=O) groups excluding carboxylic acids is 1. The van der Waals surface area contributed by atoms with Crippen LogP contribution in [-0.2, 0) is 39.0 Å². The summed E-state index contributed by atoms with van der Waals surface area (Å²) < 4.78 is 11.6. The van der Waals surface area contributed by atoms with Crippen LogP contribution in [0.2, 0.25) is 0 Å². The van der Waals surface area contributed by atoms with Crippen LogP contribution >= 0.6 is 0 Å². The molecule has 0 bridgehead atoms. The smallest absolute Gasteiger partial charge is 0.335 e. The number of carbonyl (C=O) groups is 5. The minimum absolute atomic E-state index is 0.111. The molecule has 17 heteroatoms. The molecular weight excluding hydrogens is 628 g/mol. The van der Waals surface area contributed by atoms with E-state index in [1.807, 2.05) is 25.1 Å². The lowest BCUT2D eigenvalue weighted by Crippen LogP contribution is -2.56. The molecule has 0 aromatic heterocycles. The molecule has 2 heterocycles. The van der Waals surface area contributed by atoms with Crippen molar-refractivity contribution in [3.63, 3.8) is 0 Å². The van der Waals surface area contributed by atoms with E-state index >= 15 is 0 Å². The first-order chi connectivity index (χ1) is 22.0. The number of piperidine rings is 1. The van der Waals surface area contributed by atoms with Gasteiger partial charge in [0.1, 0.15) is 5.60 Å². The molecule has 3 rings (SSSR count). The zero-order valence-electron chi connectivity index (χ0n) is 26.5. The lowest BCUT2D eigenvalue weighted by atomic mass is 9.74. The zero-order valence-corrected chi connectivity index (χ0v) is 26.5. The van der Waals surface area contributed by atoms with E-state index in [2.05, 4.69) is 35.8 Å². The molecule has 8 N–H and O–H groups in total. The average Bonchev–Trinajstić information content (AvgIpc) is 3.05. The van der Waals surface area contributed by atoms with Gasteiger partial charge in [-0.25, -0.2) is 19.2 Å². The summed E-state index contributed by atoms with van der Waals surface area (Å²) in [6, 6.07) is 10.7. The molecule has 2 saturated heterocycles. The van der Waals surface area contributed by atoms with Crippen molar-refractivity contribution >= 4 is 29.8 Å². The molecule has 266 valence electrons. The SMILES string of the molecule is CCC(=O)OC1(c2ccccc2)CC(C)N(CCN2CCOCC2)CC1C.O=C(O)[C@@H](O)[C@H](O)C(=O)O.O=C(O)[C@@H](O)[C@H](O)C(=O)O. The molecule has 0 saturated carbocycles. The number of likely N-dealkylation sites (tertiary alicyclic amines) is 1. The molecule has 0 aliphatic carbocycles. The fraction of sp³-hybridized carbons (Fsp3) is 0.633. The number of aliphatic carboxylic acids is 4. The maximum atomic E-state index is 12.3. The maximum Gasteiger partial charge on any atom is 0.335 e. The third-order valence-electron chi connectivity index (χ3n) is 7.79. The van der Waals surface area contributed by atoms with Crippen LogP contribution in [0.25, 0.3) is 0 Å². The summed E-state index contributed by atoms with van der Waals surface area (Å²) in [7, 11) is 0. The normalized spacial score (nSPS) is 24.1. The molecule has 0 amide bonds. The van der Waals surface area contributed by atoms with Crippen molar-refractivity contribution in [3.8, 4) is 0 Å². The van der Waals surface area contributed by atoms with Gasteiger partial charge >= 0.3 is 29.8 Å². The lowest BCUT2D eigenvalue weighted by molar-refractivity contribution is -0.179. The predicted molar refractivity (Wildman–Crippen MR) is 161 cm³/mol. The van der Waals surface area contributed by atoms with Gasteiger partial charge in [-0.2, -0.15) is 0 Å². The van der Waals surface area contributed by atoms with Gasteiger partial charge in [-0.3, -0.25) is 14.6 Å². The number of nitrogens with zero attached hydrogens (tertiary/aromatic N) is 2. The number of hydrogen-bond acceptors (Lipinski definition) is 13. The Balaban J connectivity index is 0.000000455. The highest BCUT2D eigenvalue weighted by Gasteiger charge is 2.47. The number of aliphatic hydroxyl groups excluding tert-OH is 4. The highest BCUT2D eigenvalue weighted by Crippen LogP contribution is 2.43. The topological polar surface area (TPSA) is 272 Å². The minimum atomic E-state index is -2.27. The molecule has 1 aromatic rings. The second-order valence-corrected chi connectivity index (χ2v) is 11.1. The molecule has 7 atom stereocenters. The average molecular weight is 675 g/mol. The molecule has 17 nitrogen and oxygen atoms in total. The third-order valence-corrected chi connectivity index (χ3v) is 7.79. The minimum Gasteiger partial charge on any atom is -0.479 e. The van der Waals surface area contributed by atoms with Gasteiger partial charge in [0.05, 0.1) is 13.2 Å². The van der Waals surface area contributed by atoms with Crippen molar-refractivity contribution in [3.05, 3.63) is 35.9 Å². The van der Waals surface area contributed by atoms with Gasteiger partial charge in [0.15, 0.2) is 24.4 Å². The number of aliphatic hydroxyl groups is 4. The number of carboxylic acids is 4. The summed E-state index contributed by atoms with van der Waals surface area (Å²) in [6.07, 6.45) is -7.81. The number of ether oxygens (including phenoxy) is 2. The van der Waals surface area contributed by atoms with Gasteiger partial charge in [-0.1, -0.05) is 44.2 Å². The number of carboxylic acid groups (broad SMARTS) is 4. The molecule has 47 heavy (non-hydrogen) atoms. The Bertz CT molecular complexity index is 1090. The van der Waals surface area contributed by atoms with Crippen LogP contribution in [0.1, 0.15) is 39.2 Å². The number of hydrogen-bond donors (Lipinski definition) is 8. The highest BCUT2D eigenvalue weighted by atomic mass is 16.6. The Hall–Kier alpha value is -3.71. The van der Waals surface area contributed by atoms with E-state index in [1.165, 1.54) is 0 Å². The van der Waals surface area contributed by atoms with Gasteiger partial charge in [0.2, 0.25) is 0 Å². The summed E-state index contributed by atoms with van der Waals surface area (Å²) in [6.45, 7) is 13.2. The lowest BCUT2D eigenvalue weighted by Gasteiger charge is -2.49. The van der Waals surface area contributed by atoms with Crippen molar-refractivity contribution in [1.29, 1.82) is 0 Å². The van der Waals surface area contributed by atoms with Crippen LogP contribution in [0, 0.1) is 5.92 Å². The summed E-state index contributed by atoms with van der Waals surface area (Å²) in [4.78, 5) is 56.4. The van der Waals surface area contributed by atoms with E-state index < -0.39 is 53.9 Å². The fourth-order valence-electron chi connectivity index (χ4n) is 4.99. The summed E-state index contributed by atoms with van der Waals surface area (Å²) in [5, 5.41) is 65.1. The number of esters is 1. The molecule has 3 unspecified atom stereocenters. The largest absolute Gasteiger partial charge is 0.479 e. The Morgan fingerprint density at radius 2 is 1.26 bits per heavy atom. The molecule has 0 spiro atoms. The molecule has 1 aromatic carbocycles. The van der Waals surface area contributed by atoms with E-state index in [-0.39, 0.29) is 11.9 Å². The molecular formula is C30H46N2O15. The molecule has 2 aliphatic heterocycles. The molecule has 2 aliphatic rings. The number of rotatable bonds is 12. The zero-order chi connectivity index (χ0) is 35.9. The van der Waals surface area contributed by atoms with Crippen LogP contribution in [0.3, 0.4) is 0 Å². The van der Waals surface area contributed by atoms with E-state index in [0.717, 1.165) is 57.9 Å². The highest BCUT2D eigenvalue weighted by molar-refractivity contribution is 5.83. The van der Waals surface area contributed by atoms with E-state index in [9.17, 15) is 24.0 Å². The Kier molecular flexibility index (Phi) is 17.4. The van der Waals surface area contributed by atoms with Crippen molar-refractivity contribution in [2.24, 2.45) is 5.92 Å². The second kappa shape index (κ2) is 19.8. The van der Waals surface area contributed by atoms with Crippen LogP contribution < -0.4 is 0 Å². The summed E-state index contributed by atoms with van der Waals surface area (Å²) in [5.41, 5.74) is 0.599. The first-order valence-electron chi connectivity index (χ1n) is 14.9. The van der Waals surface area contributed by atoms with Gasteiger partial charge < -0.3 is 50.3 Å². The molecule has 2 fully saturated rings. The van der Waals surface area contributed by atoms with Crippen LogP contribution in [0.4, 0.5) is 0 Å². The second-order valence-electron chi connectivity index (χ2n) is 11.1. The third kappa shape index (κ3) is 12.8. The van der Waals surface area contributed by atoms with Gasteiger partial charge in [0, 0.05) is 57.5 Å².